The number of nitrogens with zero attached hydrogens (tertiary/aromatic N) is 2. The molecule has 1 aromatic rings. The molecule has 2 fully saturated rings. The highest BCUT2D eigenvalue weighted by atomic mass is 79.9. The predicted octanol–water partition coefficient (Wildman–Crippen LogP) is 2.00. The molecule has 1 aromatic carbocycles. The number of hydrogen-bond acceptors (Lipinski definition) is 5. The molecule has 110 valence electrons. The van der Waals surface area contributed by atoms with Crippen LogP contribution in [0.15, 0.2) is 28.7 Å². The molecule has 0 bridgehead atoms. The summed E-state index contributed by atoms with van der Waals surface area (Å²) in [5.74, 6) is 0.0390. The minimum absolute atomic E-state index is 0.106. The smallest absolute Gasteiger partial charge is 0.339 e. The zero-order valence-electron chi connectivity index (χ0n) is 11.0. The lowest BCUT2D eigenvalue weighted by molar-refractivity contribution is -0.142. The number of halogens is 1. The molecule has 21 heavy (non-hydrogen) atoms. The number of thioether (sulfide) groups is 1. The van der Waals surface area contributed by atoms with Gasteiger partial charge in [-0.2, -0.15) is 0 Å². The Morgan fingerprint density at radius 2 is 2.19 bits per heavy atom. The van der Waals surface area contributed by atoms with Crippen LogP contribution in [-0.2, 0) is 14.3 Å². The Morgan fingerprint density at radius 1 is 1.48 bits per heavy atom. The highest BCUT2D eigenvalue weighted by Crippen LogP contribution is 2.39. The SMILES string of the molecule is COC(=O)[C@H]1SC[C@H]2C(=O)N(c3ccccc3Br)C(=S)N12. The van der Waals surface area contributed by atoms with Gasteiger partial charge in [0.25, 0.3) is 5.91 Å². The Balaban J connectivity index is 1.97. The molecule has 3 rings (SSSR count). The summed E-state index contributed by atoms with van der Waals surface area (Å²) in [4.78, 5) is 27.6. The Morgan fingerprint density at radius 3 is 2.86 bits per heavy atom. The number of esters is 1. The normalized spacial score (nSPS) is 24.5. The third-order valence-corrected chi connectivity index (χ3v) is 5.72. The lowest BCUT2D eigenvalue weighted by Gasteiger charge is -2.23. The van der Waals surface area contributed by atoms with E-state index in [4.69, 9.17) is 17.0 Å². The van der Waals surface area contributed by atoms with E-state index in [1.165, 1.54) is 23.8 Å². The van der Waals surface area contributed by atoms with Gasteiger partial charge in [0.2, 0.25) is 0 Å². The van der Waals surface area contributed by atoms with Crippen molar-refractivity contribution in [3.8, 4) is 0 Å². The van der Waals surface area contributed by atoms with Crippen LogP contribution >= 0.6 is 39.9 Å². The molecule has 0 aromatic heterocycles. The number of rotatable bonds is 2. The number of fused-ring (bicyclic) bond motifs is 1. The van der Waals surface area contributed by atoms with Crippen molar-refractivity contribution >= 4 is 62.6 Å². The third-order valence-electron chi connectivity index (χ3n) is 3.41. The molecule has 2 atom stereocenters. The fourth-order valence-electron chi connectivity index (χ4n) is 2.43. The number of anilines is 1. The van der Waals surface area contributed by atoms with Gasteiger partial charge in [-0.25, -0.2) is 4.79 Å². The minimum atomic E-state index is -0.552. The Hall–Kier alpha value is -1.12. The maximum atomic E-state index is 12.6. The number of hydrogen-bond donors (Lipinski definition) is 0. The lowest BCUT2D eigenvalue weighted by atomic mass is 10.2. The van der Waals surface area contributed by atoms with Gasteiger partial charge in [-0.15, -0.1) is 11.8 Å². The summed E-state index contributed by atoms with van der Waals surface area (Å²) in [6.45, 7) is 0. The van der Waals surface area contributed by atoms with Crippen molar-refractivity contribution in [3.05, 3.63) is 28.7 Å². The van der Waals surface area contributed by atoms with Crippen LogP contribution in [0.2, 0.25) is 0 Å². The molecule has 0 unspecified atom stereocenters. The van der Waals surface area contributed by atoms with Crippen LogP contribution in [0.25, 0.3) is 0 Å². The Labute approximate surface area is 139 Å². The molecular weight excluding hydrogens is 376 g/mol. The first-order valence-electron chi connectivity index (χ1n) is 6.16. The predicted molar refractivity (Wildman–Crippen MR) is 88.1 cm³/mol. The molecule has 0 aliphatic carbocycles. The monoisotopic (exact) mass is 386 g/mol. The van der Waals surface area contributed by atoms with Gasteiger partial charge in [-0.3, -0.25) is 9.69 Å². The number of thiocarbonyl (C=S) groups is 1. The van der Waals surface area contributed by atoms with Crippen molar-refractivity contribution in [2.75, 3.05) is 17.8 Å². The second kappa shape index (κ2) is 5.58. The molecule has 0 spiro atoms. The zero-order chi connectivity index (χ0) is 15.1. The first-order chi connectivity index (χ1) is 10.1. The van der Waals surface area contributed by atoms with E-state index in [0.717, 1.165) is 4.47 Å². The van der Waals surface area contributed by atoms with Gasteiger partial charge in [-0.1, -0.05) is 12.1 Å². The topological polar surface area (TPSA) is 49.9 Å². The molecule has 8 heteroatoms. The maximum Gasteiger partial charge on any atom is 0.339 e. The van der Waals surface area contributed by atoms with E-state index in [-0.39, 0.29) is 11.9 Å². The quantitative estimate of drug-likeness (QED) is 0.572. The fraction of sp³-hybridized carbons (Fsp3) is 0.308. The van der Waals surface area contributed by atoms with Crippen LogP contribution in [-0.4, -0.2) is 46.2 Å². The van der Waals surface area contributed by atoms with Gasteiger partial charge in [0, 0.05) is 10.2 Å². The standard InChI is InChI=1S/C13H11BrN2O3S2/c1-19-12(18)11-16-9(6-21-11)10(17)15(13(16)20)8-5-3-2-4-7(8)14/h2-5,9,11H,6H2,1H3/t9-,11+/m0/s1. The summed E-state index contributed by atoms with van der Waals surface area (Å²) in [5, 5.41) is -0.207. The van der Waals surface area contributed by atoms with E-state index in [0.29, 0.717) is 16.6 Å². The number of amides is 1. The van der Waals surface area contributed by atoms with Crippen LogP contribution in [0.3, 0.4) is 0 Å². The first-order valence-corrected chi connectivity index (χ1v) is 8.41. The van der Waals surface area contributed by atoms with Gasteiger partial charge >= 0.3 is 5.97 Å². The Bertz CT molecular complexity index is 640. The van der Waals surface area contributed by atoms with Gasteiger partial charge in [0.05, 0.1) is 12.8 Å². The average molecular weight is 387 g/mol. The molecule has 1 amide bonds. The van der Waals surface area contributed by atoms with Gasteiger partial charge < -0.3 is 9.64 Å². The molecule has 0 N–H and O–H groups in total. The number of carbonyl (C=O) groups is 2. The van der Waals surface area contributed by atoms with E-state index >= 15 is 0 Å². The summed E-state index contributed by atoms with van der Waals surface area (Å²) in [6.07, 6.45) is 0. The number of para-hydroxylation sites is 1. The summed E-state index contributed by atoms with van der Waals surface area (Å²) in [5.41, 5.74) is 0.690. The molecule has 2 aliphatic rings. The van der Waals surface area contributed by atoms with Gasteiger partial charge in [-0.05, 0) is 40.3 Å². The molecule has 2 aliphatic heterocycles. The molecule has 5 nitrogen and oxygen atoms in total. The van der Waals surface area contributed by atoms with Crippen molar-refractivity contribution in [2.24, 2.45) is 0 Å². The molecule has 0 radical (unpaired) electrons. The fourth-order valence-corrected chi connectivity index (χ4v) is 4.68. The van der Waals surface area contributed by atoms with Crippen LogP contribution in [0.1, 0.15) is 0 Å². The zero-order valence-corrected chi connectivity index (χ0v) is 14.2. The molecule has 2 saturated heterocycles. The van der Waals surface area contributed by atoms with Crippen molar-refractivity contribution in [2.45, 2.75) is 11.4 Å². The van der Waals surface area contributed by atoms with E-state index < -0.39 is 11.4 Å². The third kappa shape index (κ3) is 2.25. The maximum absolute atomic E-state index is 12.6. The highest BCUT2D eigenvalue weighted by molar-refractivity contribution is 9.10. The van der Waals surface area contributed by atoms with Crippen molar-refractivity contribution in [1.29, 1.82) is 0 Å². The number of benzene rings is 1. The van der Waals surface area contributed by atoms with E-state index in [1.54, 1.807) is 4.90 Å². The molecule has 2 heterocycles. The first kappa shape index (κ1) is 14.8. The second-order valence-corrected chi connectivity index (χ2v) is 6.87. The number of methoxy groups -OCH3 is 1. The van der Waals surface area contributed by atoms with Crippen LogP contribution in [0.4, 0.5) is 5.69 Å². The van der Waals surface area contributed by atoms with Crippen LogP contribution in [0.5, 0.6) is 0 Å². The summed E-state index contributed by atoms with van der Waals surface area (Å²) < 4.78 is 5.57. The van der Waals surface area contributed by atoms with Crippen molar-refractivity contribution in [1.82, 2.24) is 4.90 Å². The van der Waals surface area contributed by atoms with E-state index in [9.17, 15) is 9.59 Å². The molecular formula is C13H11BrN2O3S2. The number of ether oxygens (including phenoxy) is 1. The molecule has 0 saturated carbocycles. The van der Waals surface area contributed by atoms with Crippen molar-refractivity contribution < 1.29 is 14.3 Å². The summed E-state index contributed by atoms with van der Waals surface area (Å²) in [6, 6.07) is 6.97. The van der Waals surface area contributed by atoms with Gasteiger partial charge in [0.1, 0.15) is 6.04 Å². The van der Waals surface area contributed by atoms with Crippen LogP contribution in [0, 0.1) is 0 Å². The van der Waals surface area contributed by atoms with E-state index in [1.807, 2.05) is 24.3 Å². The van der Waals surface area contributed by atoms with Gasteiger partial charge in [0.15, 0.2) is 10.5 Å². The van der Waals surface area contributed by atoms with E-state index in [2.05, 4.69) is 15.9 Å². The lowest BCUT2D eigenvalue weighted by Crippen LogP contribution is -2.41. The summed E-state index contributed by atoms with van der Waals surface area (Å²) >= 11 is 10.2. The largest absolute Gasteiger partial charge is 0.467 e. The second-order valence-electron chi connectivity index (χ2n) is 4.54. The summed E-state index contributed by atoms with van der Waals surface area (Å²) in [7, 11) is 1.34. The minimum Gasteiger partial charge on any atom is -0.467 e. The van der Waals surface area contributed by atoms with Crippen LogP contribution < -0.4 is 4.90 Å². The number of carbonyl (C=O) groups excluding carboxylic acids is 2. The highest BCUT2D eigenvalue weighted by Gasteiger charge is 2.53. The van der Waals surface area contributed by atoms with Crippen molar-refractivity contribution in [3.63, 3.8) is 0 Å². The average Bonchev–Trinajstić information content (AvgIpc) is 3.01. The Kier molecular flexibility index (Phi) is 3.94.